The first-order valence-electron chi connectivity index (χ1n) is 5.65. The minimum Gasteiger partial charge on any atom is -0.377 e. The molecule has 0 saturated heterocycles. The smallest absolute Gasteiger partial charge is 0.377 e. The second-order valence-corrected chi connectivity index (χ2v) is 12.6. The van der Waals surface area contributed by atoms with E-state index >= 15 is 0 Å². The van der Waals surface area contributed by atoms with Crippen LogP contribution in [0.3, 0.4) is 0 Å². The Kier molecular flexibility index (Phi) is 10.9. The normalized spacial score (nSPS) is 12.0. The maximum Gasteiger partial charge on any atom is 0.500 e. The molecule has 1 N–H and O–H groups in total. The zero-order valence-electron chi connectivity index (χ0n) is 12.1. The first-order chi connectivity index (χ1) is 7.30. The van der Waals surface area contributed by atoms with Crippen LogP contribution >= 0.6 is 0 Å². The van der Waals surface area contributed by atoms with E-state index in [4.69, 9.17) is 13.3 Å². The van der Waals surface area contributed by atoms with Crippen molar-refractivity contribution in [3.8, 4) is 0 Å². The van der Waals surface area contributed by atoms with Crippen LogP contribution < -0.4 is 4.98 Å². The molecule has 0 aromatic heterocycles. The van der Waals surface area contributed by atoms with Crippen molar-refractivity contribution in [3.05, 3.63) is 0 Å². The highest BCUT2D eigenvalue weighted by Gasteiger charge is 2.36. The fourth-order valence-corrected chi connectivity index (χ4v) is 2.59. The summed E-state index contributed by atoms with van der Waals surface area (Å²) in [5, 5.41) is 0. The highest BCUT2D eigenvalue weighted by atomic mass is 28.4. The van der Waals surface area contributed by atoms with Gasteiger partial charge in [-0.1, -0.05) is 33.0 Å². The molecule has 0 aromatic rings. The quantitative estimate of drug-likeness (QED) is 0.750. The average Bonchev–Trinajstić information content (AvgIpc) is 2.26. The van der Waals surface area contributed by atoms with Crippen LogP contribution in [-0.2, 0) is 13.3 Å². The van der Waals surface area contributed by atoms with Gasteiger partial charge < -0.3 is 18.3 Å². The van der Waals surface area contributed by atoms with Crippen LogP contribution in [0.15, 0.2) is 0 Å². The lowest BCUT2D eigenvalue weighted by atomic mass is 10.6. The highest BCUT2D eigenvalue weighted by Crippen LogP contribution is 2.13. The van der Waals surface area contributed by atoms with E-state index in [9.17, 15) is 0 Å². The third-order valence-corrected chi connectivity index (χ3v) is 6.72. The van der Waals surface area contributed by atoms with Gasteiger partial charge in [0, 0.05) is 27.4 Å². The van der Waals surface area contributed by atoms with Crippen LogP contribution in [-0.4, -0.2) is 45.4 Å². The Bertz CT molecular complexity index is 150. The fourth-order valence-electron chi connectivity index (χ4n) is 0.862. The Morgan fingerprint density at radius 2 is 1.25 bits per heavy atom. The number of rotatable bonds is 6. The third-order valence-electron chi connectivity index (χ3n) is 2.24. The molecular weight excluding hydrogens is 238 g/mol. The van der Waals surface area contributed by atoms with Gasteiger partial charge in [-0.15, -0.1) is 0 Å². The van der Waals surface area contributed by atoms with Gasteiger partial charge >= 0.3 is 8.80 Å². The lowest BCUT2D eigenvalue weighted by Gasteiger charge is -2.23. The van der Waals surface area contributed by atoms with Crippen molar-refractivity contribution in [1.82, 2.24) is 4.98 Å². The van der Waals surface area contributed by atoms with Gasteiger partial charge in [0.25, 0.3) is 0 Å². The predicted molar refractivity (Wildman–Crippen MR) is 74.3 cm³/mol. The van der Waals surface area contributed by atoms with Gasteiger partial charge in [0.1, 0.15) is 8.24 Å². The summed E-state index contributed by atoms with van der Waals surface area (Å²) in [6, 6.07) is 0.885. The molecule has 6 heteroatoms. The van der Waals surface area contributed by atoms with Crippen LogP contribution in [0.25, 0.3) is 0 Å². The molecule has 0 amide bonds. The van der Waals surface area contributed by atoms with Crippen molar-refractivity contribution in [1.29, 1.82) is 0 Å². The van der Waals surface area contributed by atoms with E-state index in [0.29, 0.717) is 0 Å². The van der Waals surface area contributed by atoms with Crippen LogP contribution in [0.5, 0.6) is 0 Å². The van der Waals surface area contributed by atoms with E-state index in [2.05, 4.69) is 31.5 Å². The van der Waals surface area contributed by atoms with E-state index < -0.39 is 17.0 Å². The van der Waals surface area contributed by atoms with Crippen molar-refractivity contribution in [2.45, 2.75) is 39.0 Å². The van der Waals surface area contributed by atoms with Crippen LogP contribution in [0.4, 0.5) is 0 Å². The first-order valence-corrected chi connectivity index (χ1v) is 11.1. The maximum absolute atomic E-state index is 5.17. The number of nitrogens with one attached hydrogen (secondary N) is 1. The summed E-state index contributed by atoms with van der Waals surface area (Å²) in [5.41, 5.74) is 0. The van der Waals surface area contributed by atoms with Gasteiger partial charge in [-0.25, -0.2) is 0 Å². The lowest BCUT2D eigenvalue weighted by molar-refractivity contribution is 0.123. The molecule has 0 aliphatic carbocycles. The molecule has 16 heavy (non-hydrogen) atoms. The summed E-state index contributed by atoms with van der Waals surface area (Å²) in [7, 11) is 3.82. The second-order valence-electron chi connectivity index (χ2n) is 4.55. The fraction of sp³-hybridized carbons (Fsp3) is 1.00. The van der Waals surface area contributed by atoms with Crippen LogP contribution in [0.1, 0.15) is 13.3 Å². The molecule has 4 nitrogen and oxygen atoms in total. The van der Waals surface area contributed by atoms with Crippen molar-refractivity contribution in [2.75, 3.05) is 28.4 Å². The third kappa shape index (κ3) is 9.50. The van der Waals surface area contributed by atoms with E-state index in [-0.39, 0.29) is 0 Å². The van der Waals surface area contributed by atoms with Crippen molar-refractivity contribution < 1.29 is 13.3 Å². The minimum atomic E-state index is -2.22. The van der Waals surface area contributed by atoms with E-state index in [1.807, 2.05) is 7.05 Å². The molecular formula is C10H29NO3Si2. The van der Waals surface area contributed by atoms with E-state index in [1.54, 1.807) is 21.3 Å². The molecule has 100 valence electrons. The van der Waals surface area contributed by atoms with E-state index in [0.717, 1.165) is 12.5 Å². The van der Waals surface area contributed by atoms with Gasteiger partial charge in [0.05, 0.1) is 0 Å². The number of hydrogen-bond donors (Lipinski definition) is 1. The molecule has 0 heterocycles. The lowest BCUT2D eigenvalue weighted by Crippen LogP contribution is -2.42. The zero-order valence-corrected chi connectivity index (χ0v) is 14.1. The molecule has 0 aliphatic heterocycles. The summed E-state index contributed by atoms with van der Waals surface area (Å²) in [6.45, 7) is 8.89. The summed E-state index contributed by atoms with van der Waals surface area (Å²) < 4.78 is 15.5. The zero-order chi connectivity index (χ0) is 13.2. The molecule has 0 saturated carbocycles. The van der Waals surface area contributed by atoms with Crippen molar-refractivity contribution in [2.24, 2.45) is 0 Å². The largest absolute Gasteiger partial charge is 0.500 e. The second kappa shape index (κ2) is 9.32. The molecule has 0 atom stereocenters. The van der Waals surface area contributed by atoms with Gasteiger partial charge in [-0.3, -0.25) is 0 Å². The van der Waals surface area contributed by atoms with Gasteiger partial charge in [-0.05, 0) is 7.05 Å². The van der Waals surface area contributed by atoms with Crippen LogP contribution in [0, 0.1) is 0 Å². The Hall–Kier alpha value is 0.274. The molecule has 0 spiro atoms. The summed E-state index contributed by atoms with van der Waals surface area (Å²) in [6.07, 6.45) is 1.03. The Morgan fingerprint density at radius 3 is 1.31 bits per heavy atom. The first kappa shape index (κ1) is 18.6. The standard InChI is InChI=1S/C6H16O3Si.C4H13NSi/c1-5-6-10(7-2,8-3)9-4;1-5-6(2,3)4/h5-6H2,1-4H3;5H,1-4H3. The maximum atomic E-state index is 5.17. The Balaban J connectivity index is 0. The molecule has 0 unspecified atom stereocenters. The molecule has 0 fully saturated rings. The predicted octanol–water partition coefficient (Wildman–Crippen LogP) is 2.32. The van der Waals surface area contributed by atoms with Crippen molar-refractivity contribution >= 4 is 17.0 Å². The van der Waals surface area contributed by atoms with Gasteiger partial charge in [-0.2, -0.15) is 0 Å². The topological polar surface area (TPSA) is 39.7 Å². The van der Waals surface area contributed by atoms with Crippen molar-refractivity contribution in [3.63, 3.8) is 0 Å². The number of hydrogen-bond acceptors (Lipinski definition) is 4. The van der Waals surface area contributed by atoms with Gasteiger partial charge in [0.15, 0.2) is 0 Å². The molecule has 0 aromatic carbocycles. The highest BCUT2D eigenvalue weighted by molar-refractivity contribution is 6.73. The molecule has 0 aliphatic rings. The van der Waals surface area contributed by atoms with Gasteiger partial charge in [0.2, 0.25) is 0 Å². The SMILES string of the molecule is CCC[Si](OC)(OC)OC.CN[Si](C)(C)C. The van der Waals surface area contributed by atoms with Crippen LogP contribution in [0.2, 0.25) is 25.7 Å². The summed E-state index contributed by atoms with van der Waals surface area (Å²) in [5.74, 6) is 0. The monoisotopic (exact) mass is 267 g/mol. The average molecular weight is 268 g/mol. The Morgan fingerprint density at radius 1 is 0.938 bits per heavy atom. The Labute approximate surface area is 103 Å². The van der Waals surface area contributed by atoms with E-state index in [1.165, 1.54) is 0 Å². The molecule has 0 radical (unpaired) electrons. The summed E-state index contributed by atoms with van der Waals surface area (Å²) in [4.78, 5) is 3.24. The minimum absolute atomic E-state index is 0.881. The summed E-state index contributed by atoms with van der Waals surface area (Å²) >= 11 is 0. The molecule has 0 bridgehead atoms. The molecule has 0 rings (SSSR count).